The fraction of sp³-hybridized carbons (Fsp3) is 0.143. The van der Waals surface area contributed by atoms with Crippen molar-refractivity contribution < 1.29 is 8.78 Å². The van der Waals surface area contributed by atoms with Crippen LogP contribution in [0.25, 0.3) is 22.3 Å². The second kappa shape index (κ2) is 6.24. The molecule has 0 heterocycles. The summed E-state index contributed by atoms with van der Waals surface area (Å²) in [4.78, 5) is 0. The summed E-state index contributed by atoms with van der Waals surface area (Å²) in [5.74, 6) is -0.480. The number of hydrogen-bond acceptors (Lipinski definition) is 0. The van der Waals surface area contributed by atoms with Gasteiger partial charge in [-0.05, 0) is 54.1 Å². The smallest absolute Gasteiger partial charge is 0.144 e. The Labute approximate surface area is 142 Å². The van der Waals surface area contributed by atoms with Gasteiger partial charge >= 0.3 is 0 Å². The molecule has 0 aliphatic carbocycles. The number of rotatable bonds is 2. The summed E-state index contributed by atoms with van der Waals surface area (Å²) in [7, 11) is 1.74. The second-order valence-electron chi connectivity index (χ2n) is 6.33. The maximum absolute atomic E-state index is 15.0. The molecule has 0 amide bonds. The maximum atomic E-state index is 15.0. The minimum Gasteiger partial charge on any atom is -0.207 e. The van der Waals surface area contributed by atoms with E-state index in [9.17, 15) is 8.78 Å². The Balaban J connectivity index is 2.15. The van der Waals surface area contributed by atoms with Gasteiger partial charge in [0.25, 0.3) is 0 Å². The van der Waals surface area contributed by atoms with Crippen molar-refractivity contribution in [3.8, 4) is 22.3 Å². The molecule has 0 aromatic heterocycles. The standard InChI is InChI=1S/C21H19BF2/c1-12-4-7-15(8-5-12)17-11-10-16(14(3)21(17)24)18-9-6-13(2)20(23)19(18)22/h4-11H,22H2,1-3H3. The predicted molar refractivity (Wildman–Crippen MR) is 99.6 cm³/mol. The van der Waals surface area contributed by atoms with Crippen molar-refractivity contribution in [2.75, 3.05) is 0 Å². The molecule has 0 saturated heterocycles. The van der Waals surface area contributed by atoms with Gasteiger partial charge in [-0.3, -0.25) is 0 Å². The highest BCUT2D eigenvalue weighted by atomic mass is 19.1. The van der Waals surface area contributed by atoms with Crippen molar-refractivity contribution in [1.82, 2.24) is 0 Å². The molecule has 0 atom stereocenters. The van der Waals surface area contributed by atoms with Gasteiger partial charge < -0.3 is 0 Å². The van der Waals surface area contributed by atoms with Crippen molar-refractivity contribution >= 4 is 13.3 Å². The van der Waals surface area contributed by atoms with Crippen LogP contribution in [0.3, 0.4) is 0 Å². The van der Waals surface area contributed by atoms with Crippen LogP contribution in [0, 0.1) is 32.4 Å². The van der Waals surface area contributed by atoms with Crippen LogP contribution < -0.4 is 5.46 Å². The summed E-state index contributed by atoms with van der Waals surface area (Å²) >= 11 is 0. The maximum Gasteiger partial charge on any atom is 0.144 e. The van der Waals surface area contributed by atoms with Gasteiger partial charge in [0.15, 0.2) is 0 Å². The summed E-state index contributed by atoms with van der Waals surface area (Å²) in [6.07, 6.45) is 0. The van der Waals surface area contributed by atoms with E-state index in [-0.39, 0.29) is 11.6 Å². The Morgan fingerprint density at radius 3 is 1.92 bits per heavy atom. The first-order chi connectivity index (χ1) is 11.4. The van der Waals surface area contributed by atoms with Gasteiger partial charge in [-0.1, -0.05) is 54.1 Å². The monoisotopic (exact) mass is 320 g/mol. The molecule has 0 aliphatic rings. The highest BCUT2D eigenvalue weighted by Gasteiger charge is 2.15. The van der Waals surface area contributed by atoms with E-state index in [2.05, 4.69) is 0 Å². The SMILES string of the molecule is Bc1c(-c2ccc(-c3ccc(C)cc3)c(F)c2C)ccc(C)c1F. The van der Waals surface area contributed by atoms with Crippen LogP contribution in [-0.2, 0) is 0 Å². The van der Waals surface area contributed by atoms with Gasteiger partial charge in [0.1, 0.15) is 19.5 Å². The zero-order chi connectivity index (χ0) is 17.4. The molecule has 0 bridgehead atoms. The van der Waals surface area contributed by atoms with Crippen molar-refractivity contribution in [3.05, 3.63) is 76.9 Å². The molecule has 120 valence electrons. The number of benzene rings is 3. The van der Waals surface area contributed by atoms with Crippen LogP contribution in [-0.4, -0.2) is 7.85 Å². The van der Waals surface area contributed by atoms with Gasteiger partial charge in [0, 0.05) is 5.56 Å². The molecule has 0 saturated carbocycles. The van der Waals surface area contributed by atoms with E-state index in [1.807, 2.05) is 43.3 Å². The number of aryl methyl sites for hydroxylation is 2. The molecule has 3 rings (SSSR count). The van der Waals surface area contributed by atoms with Crippen molar-refractivity contribution in [2.45, 2.75) is 20.8 Å². The summed E-state index contributed by atoms with van der Waals surface area (Å²) < 4.78 is 29.1. The van der Waals surface area contributed by atoms with Crippen molar-refractivity contribution in [2.24, 2.45) is 0 Å². The lowest BCUT2D eigenvalue weighted by molar-refractivity contribution is 0.622. The van der Waals surface area contributed by atoms with E-state index in [4.69, 9.17) is 0 Å². The predicted octanol–water partition coefficient (Wildman–Crippen LogP) is 4.48. The molecule has 0 N–H and O–H groups in total. The number of halogens is 2. The van der Waals surface area contributed by atoms with Gasteiger partial charge in [0.2, 0.25) is 0 Å². The Hall–Kier alpha value is -2.42. The van der Waals surface area contributed by atoms with Crippen molar-refractivity contribution in [1.29, 1.82) is 0 Å². The summed E-state index contributed by atoms with van der Waals surface area (Å²) in [5.41, 5.74) is 5.73. The first-order valence-corrected chi connectivity index (χ1v) is 8.02. The van der Waals surface area contributed by atoms with Crippen molar-refractivity contribution in [3.63, 3.8) is 0 Å². The molecular weight excluding hydrogens is 301 g/mol. The molecular formula is C21H19BF2. The normalized spacial score (nSPS) is 10.9. The zero-order valence-corrected chi connectivity index (χ0v) is 14.4. The topological polar surface area (TPSA) is 0 Å². The third kappa shape index (κ3) is 2.75. The molecule has 3 aromatic rings. The molecule has 3 heteroatoms. The first kappa shape index (κ1) is 16.4. The van der Waals surface area contributed by atoms with Gasteiger partial charge in [-0.2, -0.15) is 0 Å². The molecule has 0 aliphatic heterocycles. The summed E-state index contributed by atoms with van der Waals surface area (Å²) in [5, 5.41) is 0. The average molecular weight is 320 g/mol. The molecule has 24 heavy (non-hydrogen) atoms. The van der Waals surface area contributed by atoms with E-state index >= 15 is 0 Å². The molecule has 0 nitrogen and oxygen atoms in total. The van der Waals surface area contributed by atoms with Gasteiger partial charge in [-0.25, -0.2) is 8.78 Å². The Kier molecular flexibility index (Phi) is 4.27. The van der Waals surface area contributed by atoms with Crippen LogP contribution in [0.5, 0.6) is 0 Å². The van der Waals surface area contributed by atoms with Gasteiger partial charge in [0.05, 0.1) is 0 Å². The van der Waals surface area contributed by atoms with Crippen LogP contribution in [0.15, 0.2) is 48.5 Å². The first-order valence-electron chi connectivity index (χ1n) is 8.02. The van der Waals surface area contributed by atoms with E-state index in [1.54, 1.807) is 33.8 Å². The van der Waals surface area contributed by atoms with E-state index in [0.717, 1.165) is 22.3 Å². The fourth-order valence-corrected chi connectivity index (χ4v) is 3.05. The minimum absolute atomic E-state index is 0.227. The Morgan fingerprint density at radius 1 is 0.667 bits per heavy atom. The van der Waals surface area contributed by atoms with Crippen LogP contribution in [0.1, 0.15) is 16.7 Å². The lowest BCUT2D eigenvalue weighted by Gasteiger charge is -2.15. The second-order valence-corrected chi connectivity index (χ2v) is 6.33. The zero-order valence-electron chi connectivity index (χ0n) is 14.4. The molecule has 3 aromatic carbocycles. The lowest BCUT2D eigenvalue weighted by atomic mass is 9.83. The van der Waals surface area contributed by atoms with Crippen LogP contribution >= 0.6 is 0 Å². The highest BCUT2D eigenvalue weighted by molar-refractivity contribution is 6.36. The molecule has 0 fully saturated rings. The van der Waals surface area contributed by atoms with Crippen LogP contribution in [0.4, 0.5) is 8.78 Å². The Morgan fingerprint density at radius 2 is 1.25 bits per heavy atom. The van der Waals surface area contributed by atoms with E-state index in [1.165, 1.54) is 0 Å². The van der Waals surface area contributed by atoms with Gasteiger partial charge in [-0.15, -0.1) is 0 Å². The molecule has 0 radical (unpaired) electrons. The molecule has 0 unspecified atom stereocenters. The third-order valence-electron chi connectivity index (χ3n) is 4.62. The largest absolute Gasteiger partial charge is 0.207 e. The summed E-state index contributed by atoms with van der Waals surface area (Å²) in [6, 6.07) is 15.0. The highest BCUT2D eigenvalue weighted by Crippen LogP contribution is 2.32. The van der Waals surface area contributed by atoms with E-state index in [0.29, 0.717) is 22.2 Å². The Bertz CT molecular complexity index is 912. The lowest BCUT2D eigenvalue weighted by Crippen LogP contribution is -2.14. The number of hydrogen-bond donors (Lipinski definition) is 0. The molecule has 0 spiro atoms. The summed E-state index contributed by atoms with van der Waals surface area (Å²) in [6.45, 7) is 5.49. The van der Waals surface area contributed by atoms with E-state index < -0.39 is 0 Å². The minimum atomic E-state index is -0.253. The van der Waals surface area contributed by atoms with Crippen LogP contribution in [0.2, 0.25) is 0 Å². The third-order valence-corrected chi connectivity index (χ3v) is 4.62. The quantitative estimate of drug-likeness (QED) is 0.611. The average Bonchev–Trinajstić information content (AvgIpc) is 2.57. The fourth-order valence-electron chi connectivity index (χ4n) is 3.05.